The molecule has 6 nitrogen and oxygen atoms in total. The predicted octanol–water partition coefficient (Wildman–Crippen LogP) is 4.39. The van der Waals surface area contributed by atoms with Crippen molar-refractivity contribution in [3.63, 3.8) is 0 Å². The Morgan fingerprint density at radius 3 is 2.51 bits per heavy atom. The Morgan fingerprint density at radius 1 is 1.06 bits per heavy atom. The van der Waals surface area contributed by atoms with Crippen LogP contribution in [0.2, 0.25) is 0 Å². The van der Waals surface area contributed by atoms with E-state index in [1.807, 2.05) is 12.1 Å². The van der Waals surface area contributed by atoms with Gasteiger partial charge in [-0.05, 0) is 29.7 Å². The maximum absolute atomic E-state index is 14.9. The van der Waals surface area contributed by atoms with E-state index in [2.05, 4.69) is 0 Å². The minimum atomic E-state index is -4.75. The molecule has 0 saturated carbocycles. The third-order valence-electron chi connectivity index (χ3n) is 6.34. The van der Waals surface area contributed by atoms with Crippen molar-refractivity contribution < 1.29 is 27.5 Å². The molecule has 0 aliphatic carbocycles. The van der Waals surface area contributed by atoms with E-state index in [4.69, 9.17) is 0 Å². The van der Waals surface area contributed by atoms with E-state index in [0.717, 1.165) is 18.6 Å². The molecule has 2 aromatic carbocycles. The Hall–Kier alpha value is -3.47. The maximum atomic E-state index is 14.9. The van der Waals surface area contributed by atoms with Crippen LogP contribution in [0.5, 0.6) is 5.75 Å². The molecule has 1 N–H and O–H groups in total. The molecule has 3 aromatic rings. The summed E-state index contributed by atoms with van der Waals surface area (Å²) in [5.41, 5.74) is 0.583. The minimum absolute atomic E-state index is 0.341. The van der Waals surface area contributed by atoms with Crippen LogP contribution in [0.1, 0.15) is 40.1 Å². The van der Waals surface area contributed by atoms with Crippen LogP contribution in [0.3, 0.4) is 0 Å². The SMILES string of the molecule is CC(N1CN(C2c3ccccc3CSc3c(F)cccc32)n2ccc(=O)c(O)c2C1=O)C(F)(F)F. The van der Waals surface area contributed by atoms with Gasteiger partial charge in [0.2, 0.25) is 5.43 Å². The van der Waals surface area contributed by atoms with Gasteiger partial charge >= 0.3 is 6.18 Å². The van der Waals surface area contributed by atoms with Gasteiger partial charge in [-0.3, -0.25) is 19.3 Å². The van der Waals surface area contributed by atoms with Crippen molar-refractivity contribution in [3.05, 3.63) is 93.2 Å². The lowest BCUT2D eigenvalue weighted by Gasteiger charge is -2.46. The molecule has 0 radical (unpaired) electrons. The van der Waals surface area contributed by atoms with Crippen LogP contribution in [0.25, 0.3) is 0 Å². The fraction of sp³-hybridized carbons (Fsp3) is 0.250. The largest absolute Gasteiger partial charge is 0.502 e. The van der Waals surface area contributed by atoms with Crippen LogP contribution >= 0.6 is 11.8 Å². The molecule has 0 fully saturated rings. The summed E-state index contributed by atoms with van der Waals surface area (Å²) in [6.45, 7) is 0.322. The van der Waals surface area contributed by atoms with E-state index in [9.17, 15) is 32.3 Å². The van der Waals surface area contributed by atoms with Gasteiger partial charge in [0, 0.05) is 22.9 Å². The van der Waals surface area contributed by atoms with Crippen molar-refractivity contribution in [2.45, 2.75) is 35.8 Å². The molecule has 182 valence electrons. The predicted molar refractivity (Wildman–Crippen MR) is 121 cm³/mol. The Bertz CT molecular complexity index is 1390. The number of rotatable bonds is 2. The molecule has 1 amide bonds. The van der Waals surface area contributed by atoms with Gasteiger partial charge in [0.25, 0.3) is 5.91 Å². The van der Waals surface area contributed by atoms with E-state index in [-0.39, 0.29) is 0 Å². The first kappa shape index (κ1) is 23.3. The molecule has 35 heavy (non-hydrogen) atoms. The molecular formula is C24H19F4N3O3S. The quantitative estimate of drug-likeness (QED) is 0.524. The van der Waals surface area contributed by atoms with E-state index in [1.165, 1.54) is 39.8 Å². The summed E-state index contributed by atoms with van der Waals surface area (Å²) >= 11 is 1.27. The summed E-state index contributed by atoms with van der Waals surface area (Å²) in [4.78, 5) is 26.2. The van der Waals surface area contributed by atoms with Gasteiger partial charge in [0.15, 0.2) is 11.4 Å². The van der Waals surface area contributed by atoms with Gasteiger partial charge in [0.1, 0.15) is 18.5 Å². The lowest BCUT2D eigenvalue weighted by atomic mass is 9.94. The van der Waals surface area contributed by atoms with Crippen molar-refractivity contribution in [1.29, 1.82) is 0 Å². The summed E-state index contributed by atoms with van der Waals surface area (Å²) in [5.74, 6) is -2.12. The summed E-state index contributed by atoms with van der Waals surface area (Å²) in [6.07, 6.45) is -3.51. The zero-order valence-electron chi connectivity index (χ0n) is 18.3. The normalized spacial score (nSPS) is 18.4. The van der Waals surface area contributed by atoms with Crippen LogP contribution in [0.4, 0.5) is 17.6 Å². The Morgan fingerprint density at radius 2 is 1.77 bits per heavy atom. The smallest absolute Gasteiger partial charge is 0.408 e. The number of amides is 1. The molecule has 3 heterocycles. The number of carbonyl (C=O) groups is 1. The number of hydrogen-bond donors (Lipinski definition) is 1. The highest BCUT2D eigenvalue weighted by atomic mass is 32.2. The fourth-order valence-electron chi connectivity index (χ4n) is 4.50. The lowest BCUT2D eigenvalue weighted by Crippen LogP contribution is -2.60. The highest BCUT2D eigenvalue weighted by molar-refractivity contribution is 7.98. The van der Waals surface area contributed by atoms with Gasteiger partial charge in [0.05, 0.1) is 6.04 Å². The lowest BCUT2D eigenvalue weighted by molar-refractivity contribution is -0.173. The second-order valence-corrected chi connectivity index (χ2v) is 9.33. The zero-order valence-corrected chi connectivity index (χ0v) is 19.1. The number of nitrogens with zero attached hydrogens (tertiary/aromatic N) is 3. The van der Waals surface area contributed by atoms with E-state index >= 15 is 0 Å². The van der Waals surface area contributed by atoms with E-state index in [1.54, 1.807) is 18.2 Å². The number of fused-ring (bicyclic) bond motifs is 3. The molecule has 5 rings (SSSR count). The van der Waals surface area contributed by atoms with Crippen molar-refractivity contribution >= 4 is 17.7 Å². The van der Waals surface area contributed by atoms with Crippen molar-refractivity contribution in [2.75, 3.05) is 11.7 Å². The van der Waals surface area contributed by atoms with Crippen LogP contribution < -0.4 is 10.4 Å². The number of carbonyl (C=O) groups excluding carboxylic acids is 1. The highest BCUT2D eigenvalue weighted by Crippen LogP contribution is 2.44. The van der Waals surface area contributed by atoms with Crippen molar-refractivity contribution in [2.24, 2.45) is 0 Å². The van der Waals surface area contributed by atoms with Gasteiger partial charge in [-0.25, -0.2) is 4.39 Å². The molecule has 0 bridgehead atoms. The number of aromatic nitrogens is 1. The van der Waals surface area contributed by atoms with Gasteiger partial charge in [-0.2, -0.15) is 13.2 Å². The van der Waals surface area contributed by atoms with Crippen LogP contribution in [0, 0.1) is 5.82 Å². The molecule has 11 heteroatoms. The van der Waals surface area contributed by atoms with E-state index in [0.29, 0.717) is 26.7 Å². The van der Waals surface area contributed by atoms with Crippen molar-refractivity contribution in [3.8, 4) is 5.75 Å². The van der Waals surface area contributed by atoms with Gasteiger partial charge < -0.3 is 10.0 Å². The summed E-state index contributed by atoms with van der Waals surface area (Å²) < 4.78 is 57.3. The first-order chi connectivity index (χ1) is 16.6. The Labute approximate surface area is 201 Å². The number of hydrogen-bond acceptors (Lipinski definition) is 5. The molecule has 1 aromatic heterocycles. The monoisotopic (exact) mass is 505 g/mol. The van der Waals surface area contributed by atoms with Gasteiger partial charge in [-0.1, -0.05) is 36.4 Å². The minimum Gasteiger partial charge on any atom is -0.502 e. The molecule has 2 atom stereocenters. The average Bonchev–Trinajstić information content (AvgIpc) is 2.98. The number of thioether (sulfide) groups is 1. The third-order valence-corrected chi connectivity index (χ3v) is 7.52. The Kier molecular flexibility index (Phi) is 5.54. The number of halogens is 4. The van der Waals surface area contributed by atoms with E-state index < -0.39 is 53.5 Å². The first-order valence-corrected chi connectivity index (χ1v) is 11.7. The standard InChI is InChI=1S/C24H19F4N3O3S/c1-13(24(26,27)28)29-12-31(30-10-9-18(32)21(33)20(30)23(29)34)19-15-6-3-2-5-14(15)11-35-22-16(19)7-4-8-17(22)25/h2-10,13,19,33H,11-12H2,1H3. The molecule has 2 aliphatic heterocycles. The fourth-order valence-corrected chi connectivity index (χ4v) is 5.61. The van der Waals surface area contributed by atoms with Crippen LogP contribution in [-0.4, -0.2) is 39.5 Å². The third kappa shape index (κ3) is 3.74. The average molecular weight is 505 g/mol. The second-order valence-electron chi connectivity index (χ2n) is 8.34. The summed E-state index contributed by atoms with van der Waals surface area (Å²) in [5, 5.41) is 11.9. The molecule has 0 saturated heterocycles. The number of benzene rings is 2. The second kappa shape index (κ2) is 8.33. The summed E-state index contributed by atoms with van der Waals surface area (Å²) in [6, 6.07) is 9.78. The molecular weight excluding hydrogens is 486 g/mol. The van der Waals surface area contributed by atoms with Gasteiger partial charge in [-0.15, -0.1) is 11.8 Å². The first-order valence-electron chi connectivity index (χ1n) is 10.7. The molecule has 0 spiro atoms. The molecule has 2 unspecified atom stereocenters. The van der Waals surface area contributed by atoms with Crippen LogP contribution in [0.15, 0.2) is 64.4 Å². The molecule has 2 aliphatic rings. The summed E-state index contributed by atoms with van der Waals surface area (Å²) in [7, 11) is 0. The topological polar surface area (TPSA) is 65.8 Å². The number of pyridine rings is 1. The number of alkyl halides is 3. The highest BCUT2D eigenvalue weighted by Gasteiger charge is 2.47. The zero-order chi connectivity index (χ0) is 25.1. The van der Waals surface area contributed by atoms with Crippen molar-refractivity contribution in [1.82, 2.24) is 9.58 Å². The van der Waals surface area contributed by atoms with Crippen LogP contribution in [-0.2, 0) is 5.75 Å². The number of aromatic hydroxyl groups is 1. The maximum Gasteiger partial charge on any atom is 0.408 e. The Balaban J connectivity index is 1.79.